The molecule has 3 heterocycles. The van der Waals surface area contributed by atoms with Crippen LogP contribution in [0.5, 0.6) is 0 Å². The molecule has 0 radical (unpaired) electrons. The first kappa shape index (κ1) is 21.3. The number of amidine groups is 1. The highest BCUT2D eigenvalue weighted by molar-refractivity contribution is 7.89. The predicted molar refractivity (Wildman–Crippen MR) is 120 cm³/mol. The van der Waals surface area contributed by atoms with Crippen molar-refractivity contribution < 1.29 is 17.7 Å². The fraction of sp³-hybridized carbons (Fsp3) is 0.522. The third-order valence-electron chi connectivity index (χ3n) is 6.99. The van der Waals surface area contributed by atoms with Gasteiger partial charge in [0.25, 0.3) is 5.91 Å². The van der Waals surface area contributed by atoms with Crippen LogP contribution in [0.1, 0.15) is 50.7 Å². The predicted octanol–water partition coefficient (Wildman–Crippen LogP) is 3.28. The molecule has 3 aliphatic rings. The minimum atomic E-state index is -3.83. The molecular formula is C23H28N4O4S. The second-order valence-electron chi connectivity index (χ2n) is 9.00. The molecule has 1 aromatic carbocycles. The average molecular weight is 457 g/mol. The number of carbonyl (C=O) groups is 1. The quantitative estimate of drug-likeness (QED) is 0.760. The number of benzene rings is 1. The first-order valence-electron chi connectivity index (χ1n) is 11.3. The van der Waals surface area contributed by atoms with Gasteiger partial charge in [0.15, 0.2) is 10.7 Å². The van der Waals surface area contributed by atoms with Crippen LogP contribution in [0.4, 0.5) is 0 Å². The molecule has 1 aromatic heterocycles. The summed E-state index contributed by atoms with van der Waals surface area (Å²) >= 11 is 0. The number of aromatic nitrogens is 1. The lowest BCUT2D eigenvalue weighted by molar-refractivity contribution is -0.125. The third kappa shape index (κ3) is 3.57. The molecule has 2 aromatic rings. The molecule has 9 heteroatoms. The van der Waals surface area contributed by atoms with Gasteiger partial charge in [0.2, 0.25) is 10.0 Å². The molecule has 32 heavy (non-hydrogen) atoms. The highest BCUT2D eigenvalue weighted by Crippen LogP contribution is 2.37. The highest BCUT2D eigenvalue weighted by Gasteiger charge is 2.49. The number of piperidine rings is 1. The van der Waals surface area contributed by atoms with Gasteiger partial charge in [-0.2, -0.15) is 4.31 Å². The van der Waals surface area contributed by atoms with Gasteiger partial charge in [0.1, 0.15) is 17.1 Å². The average Bonchev–Trinajstić information content (AvgIpc) is 3.36. The smallest absolute Gasteiger partial charge is 0.253 e. The van der Waals surface area contributed by atoms with Crippen LogP contribution < -0.4 is 5.32 Å². The van der Waals surface area contributed by atoms with E-state index in [1.54, 1.807) is 6.92 Å². The Hall–Kier alpha value is -2.52. The van der Waals surface area contributed by atoms with Crippen molar-refractivity contribution in [1.29, 1.82) is 0 Å². The van der Waals surface area contributed by atoms with Crippen molar-refractivity contribution in [2.45, 2.75) is 62.3 Å². The number of hydrogen-bond donors (Lipinski definition) is 1. The van der Waals surface area contributed by atoms with E-state index in [1.165, 1.54) is 23.6 Å². The molecule has 1 saturated carbocycles. The van der Waals surface area contributed by atoms with Crippen molar-refractivity contribution in [1.82, 2.24) is 14.8 Å². The van der Waals surface area contributed by atoms with Gasteiger partial charge in [-0.3, -0.25) is 9.79 Å². The van der Waals surface area contributed by atoms with Gasteiger partial charge in [0, 0.05) is 24.6 Å². The van der Waals surface area contributed by atoms with Crippen LogP contribution in [-0.4, -0.2) is 48.3 Å². The highest BCUT2D eigenvalue weighted by atomic mass is 32.2. The SMILES string of the molecule is Cc1onc(-c2ccccc2)c1S(=O)(=O)N1CCC2(CC1)N=C(C1CCCCC1)NC2=O. The minimum absolute atomic E-state index is 0.0822. The van der Waals surface area contributed by atoms with Crippen LogP contribution in [-0.2, 0) is 14.8 Å². The molecule has 8 nitrogen and oxygen atoms in total. The van der Waals surface area contributed by atoms with Crippen molar-refractivity contribution in [3.8, 4) is 11.3 Å². The van der Waals surface area contributed by atoms with Gasteiger partial charge in [-0.05, 0) is 32.6 Å². The van der Waals surface area contributed by atoms with E-state index in [2.05, 4.69) is 10.5 Å². The molecular weight excluding hydrogens is 428 g/mol. The van der Waals surface area contributed by atoms with Gasteiger partial charge >= 0.3 is 0 Å². The monoisotopic (exact) mass is 456 g/mol. The Kier molecular flexibility index (Phi) is 5.41. The standard InChI is InChI=1S/C23H28N4O4S/c1-16-20(19(26-31-16)17-8-4-2-5-9-17)32(29,30)27-14-12-23(13-15-27)22(28)24-21(25-23)18-10-6-3-7-11-18/h2,4-5,8-9,18H,3,6-7,10-15H2,1H3,(H,24,25,28). The summed E-state index contributed by atoms with van der Waals surface area (Å²) in [6.07, 6.45) is 6.44. The van der Waals surface area contributed by atoms with Crippen LogP contribution in [0.25, 0.3) is 11.3 Å². The normalized spacial score (nSPS) is 22.2. The zero-order valence-electron chi connectivity index (χ0n) is 18.2. The van der Waals surface area contributed by atoms with Crippen LogP contribution in [0.3, 0.4) is 0 Å². The number of sulfonamides is 1. The molecule has 0 atom stereocenters. The Morgan fingerprint density at radius 2 is 1.78 bits per heavy atom. The summed E-state index contributed by atoms with van der Waals surface area (Å²) in [7, 11) is -3.83. The van der Waals surface area contributed by atoms with Gasteiger partial charge in [-0.25, -0.2) is 8.42 Å². The molecule has 1 aliphatic carbocycles. The topological polar surface area (TPSA) is 105 Å². The van der Waals surface area contributed by atoms with Gasteiger partial charge < -0.3 is 9.84 Å². The molecule has 5 rings (SSSR count). The molecule has 2 fully saturated rings. The third-order valence-corrected chi connectivity index (χ3v) is 9.04. The van der Waals surface area contributed by atoms with Gasteiger partial charge in [-0.1, -0.05) is 54.8 Å². The van der Waals surface area contributed by atoms with Crippen LogP contribution in [0.2, 0.25) is 0 Å². The number of nitrogens with zero attached hydrogens (tertiary/aromatic N) is 3. The summed E-state index contributed by atoms with van der Waals surface area (Å²) in [4.78, 5) is 17.8. The molecule has 1 saturated heterocycles. The fourth-order valence-corrected chi connectivity index (χ4v) is 6.84. The van der Waals surface area contributed by atoms with E-state index >= 15 is 0 Å². The Balaban J connectivity index is 1.37. The molecule has 2 aliphatic heterocycles. The number of hydrogen-bond acceptors (Lipinski definition) is 6. The summed E-state index contributed by atoms with van der Waals surface area (Å²) in [6, 6.07) is 9.16. The van der Waals surface area contributed by atoms with Crippen LogP contribution >= 0.6 is 0 Å². The Labute approximate surface area is 188 Å². The van der Waals surface area contributed by atoms with E-state index in [0.717, 1.165) is 18.7 Å². The summed E-state index contributed by atoms with van der Waals surface area (Å²) < 4.78 is 33.8. The lowest BCUT2D eigenvalue weighted by Crippen LogP contribution is -2.50. The molecule has 0 unspecified atom stereocenters. The van der Waals surface area contributed by atoms with E-state index in [-0.39, 0.29) is 29.7 Å². The van der Waals surface area contributed by atoms with E-state index in [1.807, 2.05) is 30.3 Å². The number of nitrogens with one attached hydrogen (secondary N) is 1. The summed E-state index contributed by atoms with van der Waals surface area (Å²) in [5, 5.41) is 7.05. The van der Waals surface area contributed by atoms with E-state index in [9.17, 15) is 13.2 Å². The summed E-state index contributed by atoms with van der Waals surface area (Å²) in [6.45, 7) is 2.08. The van der Waals surface area contributed by atoms with Gasteiger partial charge in [-0.15, -0.1) is 0 Å². The number of rotatable bonds is 4. The fourth-order valence-electron chi connectivity index (χ4n) is 5.12. The van der Waals surface area contributed by atoms with Crippen molar-refractivity contribution in [3.05, 3.63) is 36.1 Å². The second kappa shape index (κ2) is 8.12. The molecule has 0 bridgehead atoms. The van der Waals surface area contributed by atoms with Crippen molar-refractivity contribution in [2.24, 2.45) is 10.9 Å². The Morgan fingerprint density at radius 3 is 2.47 bits per heavy atom. The zero-order valence-corrected chi connectivity index (χ0v) is 19.0. The number of carbonyl (C=O) groups excluding carboxylic acids is 1. The minimum Gasteiger partial charge on any atom is -0.360 e. The maximum Gasteiger partial charge on any atom is 0.253 e. The maximum atomic E-state index is 13.5. The first-order valence-corrected chi connectivity index (χ1v) is 12.8. The van der Waals surface area contributed by atoms with E-state index in [0.29, 0.717) is 30.0 Å². The summed E-state index contributed by atoms with van der Waals surface area (Å²) in [5.74, 6) is 1.32. The van der Waals surface area contributed by atoms with Crippen molar-refractivity contribution in [2.75, 3.05) is 13.1 Å². The molecule has 1 N–H and O–H groups in total. The lowest BCUT2D eigenvalue weighted by atomic mass is 9.88. The van der Waals surface area contributed by atoms with Crippen LogP contribution in [0, 0.1) is 12.8 Å². The molecule has 1 amide bonds. The van der Waals surface area contributed by atoms with Crippen LogP contribution in [0.15, 0.2) is 44.7 Å². The van der Waals surface area contributed by atoms with E-state index in [4.69, 9.17) is 9.52 Å². The Morgan fingerprint density at radius 1 is 1.09 bits per heavy atom. The Bertz CT molecular complexity index is 1140. The largest absolute Gasteiger partial charge is 0.360 e. The van der Waals surface area contributed by atoms with Crippen molar-refractivity contribution in [3.63, 3.8) is 0 Å². The number of amides is 1. The second-order valence-corrected chi connectivity index (χ2v) is 10.9. The number of aryl methyl sites for hydroxylation is 1. The zero-order chi connectivity index (χ0) is 22.3. The van der Waals surface area contributed by atoms with Gasteiger partial charge in [0.05, 0.1) is 0 Å². The number of aliphatic imine (C=N–C) groups is 1. The summed E-state index contributed by atoms with van der Waals surface area (Å²) in [5.41, 5.74) is 0.165. The first-order chi connectivity index (χ1) is 15.4. The molecule has 170 valence electrons. The lowest BCUT2D eigenvalue weighted by Gasteiger charge is -2.34. The van der Waals surface area contributed by atoms with E-state index < -0.39 is 15.6 Å². The maximum absolute atomic E-state index is 13.5. The molecule has 1 spiro atoms. The van der Waals surface area contributed by atoms with Crippen molar-refractivity contribution >= 4 is 21.8 Å².